The van der Waals surface area contributed by atoms with Gasteiger partial charge in [0.1, 0.15) is 5.25 Å². The molecule has 0 aliphatic heterocycles. The predicted molar refractivity (Wildman–Crippen MR) is 62.4 cm³/mol. The highest BCUT2D eigenvalue weighted by Gasteiger charge is 2.18. The van der Waals surface area contributed by atoms with Crippen LogP contribution in [0.3, 0.4) is 0 Å². The van der Waals surface area contributed by atoms with Crippen molar-refractivity contribution in [2.75, 3.05) is 0 Å². The fourth-order valence-corrected chi connectivity index (χ4v) is 2.21. The number of rotatable bonds is 3. The Morgan fingerprint density at radius 1 is 1.47 bits per heavy atom. The van der Waals surface area contributed by atoms with E-state index in [4.69, 9.17) is 12.2 Å². The van der Waals surface area contributed by atoms with Crippen LogP contribution in [0.5, 0.6) is 0 Å². The van der Waals surface area contributed by atoms with E-state index in [-0.39, 0.29) is 0 Å². The summed E-state index contributed by atoms with van der Waals surface area (Å²) in [5, 5.41) is -0.636. The first-order chi connectivity index (χ1) is 7.15. The van der Waals surface area contributed by atoms with E-state index in [0.29, 0.717) is 4.20 Å². The first-order valence-electron chi connectivity index (χ1n) is 4.23. The summed E-state index contributed by atoms with van der Waals surface area (Å²) in [6.07, 6.45) is 0. The largest absolute Gasteiger partial charge is 0.361 e. The molecular formula is C10H9FO2S2. The van der Waals surface area contributed by atoms with Crippen molar-refractivity contribution in [1.29, 1.82) is 0 Å². The second-order valence-electron chi connectivity index (χ2n) is 2.81. The third kappa shape index (κ3) is 3.60. The lowest BCUT2D eigenvalue weighted by Crippen LogP contribution is -2.15. The molecule has 0 spiro atoms. The molecule has 0 N–H and O–H groups in total. The van der Waals surface area contributed by atoms with Gasteiger partial charge in [0, 0.05) is 4.53 Å². The van der Waals surface area contributed by atoms with Gasteiger partial charge in [-0.25, -0.2) is 4.79 Å². The highest BCUT2D eigenvalue weighted by molar-refractivity contribution is 8.24. The molecule has 0 amide bonds. The molecule has 1 unspecified atom stereocenters. The van der Waals surface area contributed by atoms with E-state index < -0.39 is 11.2 Å². The smallest absolute Gasteiger partial charge is 0.254 e. The lowest BCUT2D eigenvalue weighted by Gasteiger charge is -2.07. The molecule has 0 fully saturated rings. The van der Waals surface area contributed by atoms with Crippen LogP contribution in [0.4, 0.5) is 4.53 Å². The van der Waals surface area contributed by atoms with Gasteiger partial charge < -0.3 is 0 Å². The minimum absolute atomic E-state index is 0.550. The molecular weight excluding hydrogens is 235 g/mol. The summed E-state index contributed by atoms with van der Waals surface area (Å²) in [6, 6.07) is 9.24. The summed E-state index contributed by atoms with van der Waals surface area (Å²) >= 11 is 6.20. The van der Waals surface area contributed by atoms with E-state index in [1.165, 1.54) is 0 Å². The van der Waals surface area contributed by atoms with Crippen molar-refractivity contribution >= 4 is 34.1 Å². The quantitative estimate of drug-likeness (QED) is 0.764. The van der Waals surface area contributed by atoms with Crippen molar-refractivity contribution in [1.82, 2.24) is 0 Å². The number of carbonyl (C=O) groups excluding carboxylic acids is 1. The molecule has 0 saturated carbocycles. The van der Waals surface area contributed by atoms with Gasteiger partial charge in [-0.05, 0) is 12.5 Å². The van der Waals surface area contributed by atoms with Crippen molar-refractivity contribution in [3.63, 3.8) is 0 Å². The van der Waals surface area contributed by atoms with Crippen LogP contribution in [-0.2, 0) is 9.74 Å². The van der Waals surface area contributed by atoms with Gasteiger partial charge >= 0.3 is 5.97 Å². The Morgan fingerprint density at radius 3 is 2.60 bits per heavy atom. The van der Waals surface area contributed by atoms with Crippen molar-refractivity contribution in [2.45, 2.75) is 12.2 Å². The molecule has 0 aliphatic rings. The zero-order chi connectivity index (χ0) is 11.3. The van der Waals surface area contributed by atoms with Gasteiger partial charge in [-0.3, -0.25) is 4.94 Å². The van der Waals surface area contributed by atoms with Crippen LogP contribution in [0.15, 0.2) is 30.3 Å². The highest BCUT2D eigenvalue weighted by Crippen LogP contribution is 2.20. The summed E-state index contributed by atoms with van der Waals surface area (Å²) in [4.78, 5) is 13.9. The fraction of sp³-hybridized carbons (Fsp3) is 0.200. The maximum Gasteiger partial charge on any atom is 0.361 e. The van der Waals surface area contributed by atoms with Crippen LogP contribution in [0.1, 0.15) is 12.5 Å². The van der Waals surface area contributed by atoms with Gasteiger partial charge in [0.25, 0.3) is 0 Å². The third-order valence-corrected chi connectivity index (χ3v) is 3.22. The highest BCUT2D eigenvalue weighted by atomic mass is 32.2. The Kier molecular flexibility index (Phi) is 4.71. The third-order valence-electron chi connectivity index (χ3n) is 1.70. The van der Waals surface area contributed by atoms with Crippen LogP contribution in [0.25, 0.3) is 0 Å². The lowest BCUT2D eigenvalue weighted by atomic mass is 10.2. The van der Waals surface area contributed by atoms with E-state index in [2.05, 4.69) is 4.94 Å². The zero-order valence-electron chi connectivity index (χ0n) is 7.98. The second-order valence-corrected chi connectivity index (χ2v) is 4.83. The standard InChI is InChI=1S/C10H9FO2S2/c1-7(9(12)13-11)15-10(14)8-5-3-2-4-6-8/h2-7H,1H3. The Labute approximate surface area is 96.7 Å². The van der Waals surface area contributed by atoms with Gasteiger partial charge in [0.15, 0.2) is 0 Å². The van der Waals surface area contributed by atoms with E-state index in [1.807, 2.05) is 30.3 Å². The van der Waals surface area contributed by atoms with E-state index >= 15 is 0 Å². The molecule has 0 radical (unpaired) electrons. The van der Waals surface area contributed by atoms with Gasteiger partial charge in [-0.1, -0.05) is 54.3 Å². The predicted octanol–water partition coefficient (Wildman–Crippen LogP) is 2.91. The number of halogens is 1. The van der Waals surface area contributed by atoms with E-state index in [1.54, 1.807) is 6.92 Å². The number of thioether (sulfide) groups is 1. The summed E-state index contributed by atoms with van der Waals surface area (Å²) < 4.78 is 12.1. The van der Waals surface area contributed by atoms with Crippen LogP contribution in [0.2, 0.25) is 0 Å². The summed E-state index contributed by atoms with van der Waals surface area (Å²) in [5.41, 5.74) is 0.844. The minimum atomic E-state index is -0.918. The Hall–Kier alpha value is -0.940. The number of hydrogen-bond donors (Lipinski definition) is 0. The molecule has 1 rings (SSSR count). The van der Waals surface area contributed by atoms with Crippen molar-refractivity contribution in [3.05, 3.63) is 35.9 Å². The summed E-state index contributed by atoms with van der Waals surface area (Å²) in [5.74, 6) is -0.918. The summed E-state index contributed by atoms with van der Waals surface area (Å²) in [7, 11) is 0. The average Bonchev–Trinajstić information content (AvgIpc) is 2.29. The Morgan fingerprint density at radius 2 is 2.07 bits per heavy atom. The fourth-order valence-electron chi connectivity index (χ4n) is 0.914. The zero-order valence-corrected chi connectivity index (χ0v) is 9.61. The molecule has 0 bridgehead atoms. The normalized spacial score (nSPS) is 11.9. The summed E-state index contributed by atoms with van der Waals surface area (Å²) in [6.45, 7) is 1.54. The van der Waals surface area contributed by atoms with Gasteiger partial charge in [0.2, 0.25) is 0 Å². The van der Waals surface area contributed by atoms with Crippen molar-refractivity contribution in [3.8, 4) is 0 Å². The molecule has 1 aromatic carbocycles. The number of thiocarbonyl (C=S) groups is 1. The molecule has 5 heteroatoms. The maximum atomic E-state index is 11.6. The molecule has 1 aromatic rings. The maximum absolute atomic E-state index is 11.6. The molecule has 0 aliphatic carbocycles. The molecule has 15 heavy (non-hydrogen) atoms. The van der Waals surface area contributed by atoms with Crippen LogP contribution in [0, 0.1) is 0 Å². The molecule has 0 aromatic heterocycles. The second kappa shape index (κ2) is 5.82. The van der Waals surface area contributed by atoms with Gasteiger partial charge in [-0.2, -0.15) is 0 Å². The van der Waals surface area contributed by atoms with Crippen LogP contribution < -0.4 is 0 Å². The van der Waals surface area contributed by atoms with Gasteiger partial charge in [0.05, 0.1) is 4.20 Å². The number of benzene rings is 1. The topological polar surface area (TPSA) is 26.3 Å². The average molecular weight is 244 g/mol. The number of carbonyl (C=O) groups is 1. The first-order valence-corrected chi connectivity index (χ1v) is 5.52. The lowest BCUT2D eigenvalue weighted by molar-refractivity contribution is -0.182. The molecule has 0 saturated heterocycles. The monoisotopic (exact) mass is 244 g/mol. The van der Waals surface area contributed by atoms with E-state index in [9.17, 15) is 9.32 Å². The van der Waals surface area contributed by atoms with Gasteiger partial charge in [-0.15, -0.1) is 0 Å². The van der Waals surface area contributed by atoms with Crippen molar-refractivity contribution < 1.29 is 14.3 Å². The Bertz CT molecular complexity index is 354. The van der Waals surface area contributed by atoms with Crippen LogP contribution in [-0.4, -0.2) is 15.4 Å². The minimum Gasteiger partial charge on any atom is -0.254 e. The number of hydrogen-bond acceptors (Lipinski definition) is 4. The van der Waals surface area contributed by atoms with E-state index in [0.717, 1.165) is 17.3 Å². The molecule has 2 nitrogen and oxygen atoms in total. The SMILES string of the molecule is CC(SC(=S)c1ccccc1)C(=O)OF. The first kappa shape index (κ1) is 12.1. The van der Waals surface area contributed by atoms with Crippen molar-refractivity contribution in [2.24, 2.45) is 0 Å². The Balaban J connectivity index is 2.61. The molecule has 1 atom stereocenters. The van der Waals surface area contributed by atoms with Crippen LogP contribution >= 0.6 is 24.0 Å². The molecule has 80 valence electrons. The molecule has 0 heterocycles.